The van der Waals surface area contributed by atoms with Crippen molar-refractivity contribution in [3.05, 3.63) is 33.9 Å². The van der Waals surface area contributed by atoms with E-state index in [9.17, 15) is 4.79 Å². The first-order valence-corrected chi connectivity index (χ1v) is 7.94. The van der Waals surface area contributed by atoms with Gasteiger partial charge < -0.3 is 5.32 Å². The first-order valence-electron chi connectivity index (χ1n) is 7.94. The summed E-state index contributed by atoms with van der Waals surface area (Å²) in [7, 11) is 2.05. The lowest BCUT2D eigenvalue weighted by Crippen LogP contribution is -2.44. The third-order valence-electron chi connectivity index (χ3n) is 4.78. The Morgan fingerprint density at radius 2 is 2.05 bits per heavy atom. The molecule has 1 unspecified atom stereocenters. The maximum Gasteiger partial charge on any atom is 0.160 e. The number of carbonyl (C=O) groups excluding carboxylic acids is 1. The van der Waals surface area contributed by atoms with E-state index in [-0.39, 0.29) is 5.78 Å². The largest absolute Gasteiger partial charge is 0.316 e. The number of carbonyl (C=O) groups is 1. The molecule has 21 heavy (non-hydrogen) atoms. The molecule has 1 fully saturated rings. The van der Waals surface area contributed by atoms with Crippen molar-refractivity contribution in [1.29, 1.82) is 0 Å². The van der Waals surface area contributed by atoms with Gasteiger partial charge in [-0.25, -0.2) is 0 Å². The molecule has 1 aromatic rings. The Hall–Kier alpha value is -1.19. The van der Waals surface area contributed by atoms with Crippen LogP contribution >= 0.6 is 0 Å². The van der Waals surface area contributed by atoms with Gasteiger partial charge in [-0.05, 0) is 76.4 Å². The fourth-order valence-electron chi connectivity index (χ4n) is 3.67. The van der Waals surface area contributed by atoms with Gasteiger partial charge in [-0.2, -0.15) is 0 Å². The highest BCUT2D eigenvalue weighted by molar-refractivity contribution is 5.97. The molecule has 0 aromatic heterocycles. The number of hydrogen-bond donors (Lipinski definition) is 1. The summed E-state index contributed by atoms with van der Waals surface area (Å²) in [5.41, 5.74) is 5.83. The highest BCUT2D eigenvalue weighted by atomic mass is 16.1. The molecule has 1 heterocycles. The number of hydrogen-bond acceptors (Lipinski definition) is 3. The molecule has 0 aliphatic carbocycles. The summed E-state index contributed by atoms with van der Waals surface area (Å²) in [4.78, 5) is 14.4. The van der Waals surface area contributed by atoms with E-state index in [1.54, 1.807) is 6.92 Å². The van der Waals surface area contributed by atoms with Gasteiger partial charge in [0, 0.05) is 24.7 Å². The minimum absolute atomic E-state index is 0.179. The van der Waals surface area contributed by atoms with Gasteiger partial charge in [0.2, 0.25) is 0 Å². The second-order valence-electron chi connectivity index (χ2n) is 6.41. The number of Topliss-reactive ketones (excluding diaryl/α,β-unsaturated/α-hetero) is 1. The average molecular weight is 288 g/mol. The van der Waals surface area contributed by atoms with Crippen LogP contribution in [0.3, 0.4) is 0 Å². The lowest BCUT2D eigenvalue weighted by molar-refractivity contribution is 0.101. The molecule has 1 aliphatic heterocycles. The van der Waals surface area contributed by atoms with E-state index in [2.05, 4.69) is 30.1 Å². The van der Waals surface area contributed by atoms with Crippen LogP contribution in [0.1, 0.15) is 52.4 Å². The molecule has 0 radical (unpaired) electrons. The summed E-state index contributed by atoms with van der Waals surface area (Å²) in [5, 5.41) is 3.39. The number of likely N-dealkylation sites (tertiary alicyclic amines) is 1. The van der Waals surface area contributed by atoms with Crippen molar-refractivity contribution in [2.45, 2.75) is 53.1 Å². The molecule has 1 N–H and O–H groups in total. The molecule has 0 amide bonds. The van der Waals surface area contributed by atoms with Gasteiger partial charge in [-0.1, -0.05) is 6.07 Å². The van der Waals surface area contributed by atoms with Crippen molar-refractivity contribution in [3.63, 3.8) is 0 Å². The molecule has 2 rings (SSSR count). The molecule has 1 aromatic carbocycles. The van der Waals surface area contributed by atoms with Crippen LogP contribution in [0.4, 0.5) is 0 Å². The maximum atomic E-state index is 11.9. The summed E-state index contributed by atoms with van der Waals surface area (Å²) in [5.74, 6) is 0.179. The third kappa shape index (κ3) is 3.53. The van der Waals surface area contributed by atoms with E-state index in [4.69, 9.17) is 0 Å². The van der Waals surface area contributed by atoms with E-state index in [1.165, 1.54) is 29.5 Å². The summed E-state index contributed by atoms with van der Waals surface area (Å²) >= 11 is 0. The topological polar surface area (TPSA) is 32.3 Å². The van der Waals surface area contributed by atoms with Crippen molar-refractivity contribution in [3.8, 4) is 0 Å². The Labute approximate surface area is 128 Å². The Bertz CT molecular complexity index is 537. The van der Waals surface area contributed by atoms with Crippen LogP contribution in [0.5, 0.6) is 0 Å². The number of piperidine rings is 1. The van der Waals surface area contributed by atoms with Gasteiger partial charge in [-0.15, -0.1) is 0 Å². The zero-order valence-electron chi connectivity index (χ0n) is 14.0. The average Bonchev–Trinajstić information content (AvgIpc) is 2.43. The first kappa shape index (κ1) is 16.2. The van der Waals surface area contributed by atoms with Crippen LogP contribution in [0.25, 0.3) is 0 Å². The van der Waals surface area contributed by atoms with Crippen LogP contribution in [-0.2, 0) is 6.54 Å². The van der Waals surface area contributed by atoms with Crippen molar-refractivity contribution < 1.29 is 4.79 Å². The monoisotopic (exact) mass is 288 g/mol. The fourth-order valence-corrected chi connectivity index (χ4v) is 3.67. The van der Waals surface area contributed by atoms with Gasteiger partial charge in [0.15, 0.2) is 5.78 Å². The van der Waals surface area contributed by atoms with Crippen LogP contribution < -0.4 is 5.32 Å². The second kappa shape index (κ2) is 6.71. The third-order valence-corrected chi connectivity index (χ3v) is 4.78. The molecule has 3 heteroatoms. The number of rotatable bonds is 4. The number of aryl methyl sites for hydroxylation is 2. The minimum Gasteiger partial charge on any atom is -0.316 e. The fraction of sp³-hybridized carbons (Fsp3) is 0.611. The smallest absolute Gasteiger partial charge is 0.160 e. The van der Waals surface area contributed by atoms with Crippen LogP contribution in [0.2, 0.25) is 0 Å². The Morgan fingerprint density at radius 3 is 2.67 bits per heavy atom. The van der Waals surface area contributed by atoms with Crippen LogP contribution in [0, 0.1) is 20.8 Å². The highest BCUT2D eigenvalue weighted by Crippen LogP contribution is 2.25. The molecule has 0 spiro atoms. The van der Waals surface area contributed by atoms with Crippen LogP contribution in [0.15, 0.2) is 6.07 Å². The molecular weight excluding hydrogens is 260 g/mol. The molecule has 116 valence electrons. The van der Waals surface area contributed by atoms with E-state index in [0.717, 1.165) is 30.8 Å². The number of nitrogens with zero attached hydrogens (tertiary/aromatic N) is 1. The standard InChI is InChI=1S/C18H28N2O/c1-12-9-13(2)18(15(4)21)14(3)17(12)11-20-8-6-7-16(10-20)19-5/h9,16,19H,6-8,10-11H2,1-5H3. The lowest BCUT2D eigenvalue weighted by atomic mass is 9.91. The number of likely N-dealkylation sites (N-methyl/N-ethyl adjacent to an activating group) is 1. The second-order valence-corrected chi connectivity index (χ2v) is 6.41. The molecule has 1 atom stereocenters. The summed E-state index contributed by atoms with van der Waals surface area (Å²) < 4.78 is 0. The van der Waals surface area contributed by atoms with Gasteiger partial charge in [0.1, 0.15) is 0 Å². The first-order chi connectivity index (χ1) is 9.93. The minimum atomic E-state index is 0.179. The lowest BCUT2D eigenvalue weighted by Gasteiger charge is -2.33. The van der Waals surface area contributed by atoms with Gasteiger partial charge in [0.25, 0.3) is 0 Å². The van der Waals surface area contributed by atoms with E-state index >= 15 is 0 Å². The molecule has 0 saturated carbocycles. The molecule has 0 bridgehead atoms. The van der Waals surface area contributed by atoms with Crippen molar-refractivity contribution >= 4 is 5.78 Å². The van der Waals surface area contributed by atoms with Gasteiger partial charge in [-0.3, -0.25) is 9.69 Å². The van der Waals surface area contributed by atoms with E-state index in [1.807, 2.05) is 14.0 Å². The molecule has 3 nitrogen and oxygen atoms in total. The number of nitrogens with one attached hydrogen (secondary N) is 1. The molecule has 1 saturated heterocycles. The zero-order valence-corrected chi connectivity index (χ0v) is 14.0. The quantitative estimate of drug-likeness (QED) is 0.865. The number of benzene rings is 1. The summed E-state index contributed by atoms with van der Waals surface area (Å²) in [6, 6.07) is 2.76. The van der Waals surface area contributed by atoms with Crippen molar-refractivity contribution in [2.24, 2.45) is 0 Å². The predicted octanol–water partition coefficient (Wildman–Crippen LogP) is 3.00. The Morgan fingerprint density at radius 1 is 1.33 bits per heavy atom. The number of ketones is 1. The Balaban J connectivity index is 2.27. The normalized spacial score (nSPS) is 19.8. The Kier molecular flexibility index (Phi) is 5.17. The predicted molar refractivity (Wildman–Crippen MR) is 88.0 cm³/mol. The van der Waals surface area contributed by atoms with Crippen molar-refractivity contribution in [1.82, 2.24) is 10.2 Å². The summed E-state index contributed by atoms with van der Waals surface area (Å²) in [6.07, 6.45) is 2.51. The maximum absolute atomic E-state index is 11.9. The zero-order chi connectivity index (χ0) is 15.6. The molecule has 1 aliphatic rings. The summed E-state index contributed by atoms with van der Waals surface area (Å²) in [6.45, 7) is 11.2. The van der Waals surface area contributed by atoms with Crippen LogP contribution in [-0.4, -0.2) is 36.9 Å². The van der Waals surface area contributed by atoms with Crippen molar-refractivity contribution in [2.75, 3.05) is 20.1 Å². The highest BCUT2D eigenvalue weighted by Gasteiger charge is 2.21. The van der Waals surface area contributed by atoms with Gasteiger partial charge >= 0.3 is 0 Å². The van der Waals surface area contributed by atoms with Gasteiger partial charge in [0.05, 0.1) is 0 Å². The SMILES string of the molecule is CNC1CCCN(Cc2c(C)cc(C)c(C(C)=O)c2C)C1. The molecular formula is C18H28N2O. The van der Waals surface area contributed by atoms with E-state index < -0.39 is 0 Å². The van der Waals surface area contributed by atoms with E-state index in [0.29, 0.717) is 6.04 Å².